The van der Waals surface area contributed by atoms with Crippen molar-refractivity contribution in [1.82, 2.24) is 4.72 Å². The molecule has 0 spiro atoms. The van der Waals surface area contributed by atoms with Crippen LogP contribution in [0.3, 0.4) is 0 Å². The maximum atomic E-state index is 12.2. The Balaban J connectivity index is 3.09. The molecule has 3 nitrogen and oxygen atoms in total. The lowest BCUT2D eigenvalue weighted by molar-refractivity contribution is 0.556. The molecular formula is C12H18ClNO2S. The molecule has 1 aromatic carbocycles. The third-order valence-corrected chi connectivity index (χ3v) is 4.67. The fourth-order valence-corrected chi connectivity index (χ4v) is 3.54. The Bertz CT molecular complexity index is 481. The molecular weight excluding hydrogens is 258 g/mol. The zero-order valence-corrected chi connectivity index (χ0v) is 11.9. The smallest absolute Gasteiger partial charge is 0.207 e. The summed E-state index contributed by atoms with van der Waals surface area (Å²) in [6.45, 7) is 5.56. The molecule has 0 aliphatic carbocycles. The van der Waals surface area contributed by atoms with Gasteiger partial charge in [0.1, 0.15) is 0 Å². The Morgan fingerprint density at radius 2 is 2.00 bits per heavy atom. The van der Waals surface area contributed by atoms with Crippen LogP contribution in [0, 0.1) is 13.8 Å². The van der Waals surface area contributed by atoms with Gasteiger partial charge in [-0.1, -0.05) is 19.1 Å². The number of sulfonamides is 1. The minimum atomic E-state index is -3.47. The number of benzene rings is 1. The molecule has 0 amide bonds. The fourth-order valence-electron chi connectivity index (χ4n) is 1.50. The molecule has 0 aliphatic rings. The van der Waals surface area contributed by atoms with Crippen LogP contribution in [0.15, 0.2) is 23.1 Å². The topological polar surface area (TPSA) is 46.2 Å². The van der Waals surface area contributed by atoms with E-state index in [9.17, 15) is 8.42 Å². The fraction of sp³-hybridized carbons (Fsp3) is 0.500. The van der Waals surface area contributed by atoms with Gasteiger partial charge in [-0.05, 0) is 37.5 Å². The average molecular weight is 276 g/mol. The predicted octanol–water partition coefficient (Wildman–Crippen LogP) is 2.60. The second-order valence-corrected chi connectivity index (χ2v) is 6.14. The summed E-state index contributed by atoms with van der Waals surface area (Å²) in [7, 11) is -3.47. The van der Waals surface area contributed by atoms with E-state index in [1.165, 1.54) is 0 Å². The highest BCUT2D eigenvalue weighted by Gasteiger charge is 2.20. The summed E-state index contributed by atoms with van der Waals surface area (Å²) in [4.78, 5) is 0.334. The van der Waals surface area contributed by atoms with Crippen molar-refractivity contribution in [2.75, 3.05) is 5.88 Å². The molecule has 0 aliphatic heterocycles. The Morgan fingerprint density at radius 3 is 2.53 bits per heavy atom. The third-order valence-electron chi connectivity index (χ3n) is 2.63. The van der Waals surface area contributed by atoms with E-state index in [4.69, 9.17) is 11.6 Å². The molecule has 0 radical (unpaired) electrons. The van der Waals surface area contributed by atoms with Crippen LogP contribution < -0.4 is 4.72 Å². The zero-order valence-electron chi connectivity index (χ0n) is 10.3. The number of hydrogen-bond donors (Lipinski definition) is 1. The summed E-state index contributed by atoms with van der Waals surface area (Å²) in [5.41, 5.74) is 1.67. The number of nitrogens with one attached hydrogen (secondary N) is 1. The van der Waals surface area contributed by atoms with Crippen LogP contribution in [0.5, 0.6) is 0 Å². The third kappa shape index (κ3) is 3.69. The van der Waals surface area contributed by atoms with Crippen LogP contribution in [-0.2, 0) is 10.0 Å². The van der Waals surface area contributed by atoms with Crippen molar-refractivity contribution < 1.29 is 8.42 Å². The summed E-state index contributed by atoms with van der Waals surface area (Å²) in [6.07, 6.45) is 0.674. The monoisotopic (exact) mass is 275 g/mol. The summed E-state index contributed by atoms with van der Waals surface area (Å²) in [5.74, 6) is 0.278. The van der Waals surface area contributed by atoms with Gasteiger partial charge in [0.15, 0.2) is 0 Å². The molecule has 96 valence electrons. The highest BCUT2D eigenvalue weighted by Crippen LogP contribution is 2.17. The van der Waals surface area contributed by atoms with Crippen molar-refractivity contribution >= 4 is 21.6 Å². The first kappa shape index (κ1) is 14.5. The molecule has 5 heteroatoms. The zero-order chi connectivity index (χ0) is 13.1. The molecule has 0 saturated carbocycles. The molecule has 1 N–H and O–H groups in total. The summed E-state index contributed by atoms with van der Waals surface area (Å²) in [6, 6.07) is 5.17. The van der Waals surface area contributed by atoms with Crippen molar-refractivity contribution in [2.24, 2.45) is 0 Å². The van der Waals surface area contributed by atoms with Crippen LogP contribution in [0.1, 0.15) is 24.5 Å². The Hall–Kier alpha value is -0.580. The van der Waals surface area contributed by atoms with Gasteiger partial charge < -0.3 is 0 Å². The maximum absolute atomic E-state index is 12.2. The van der Waals surface area contributed by atoms with Crippen molar-refractivity contribution in [2.45, 2.75) is 38.1 Å². The van der Waals surface area contributed by atoms with E-state index in [0.29, 0.717) is 11.3 Å². The van der Waals surface area contributed by atoms with Crippen molar-refractivity contribution in [3.8, 4) is 0 Å². The number of halogens is 1. The predicted molar refractivity (Wildman–Crippen MR) is 71.0 cm³/mol. The standard InChI is InChI=1S/C12H18ClNO2S/c1-4-11(8-13)14-17(15,16)12-7-9(2)5-6-10(12)3/h5-7,11,14H,4,8H2,1-3H3. The van der Waals surface area contributed by atoms with Crippen LogP contribution in [0.25, 0.3) is 0 Å². The lowest BCUT2D eigenvalue weighted by Gasteiger charge is -2.15. The minimum absolute atomic E-state index is 0.221. The molecule has 1 aromatic rings. The first-order valence-corrected chi connectivity index (χ1v) is 7.58. The van der Waals surface area contributed by atoms with Gasteiger partial charge in [0.05, 0.1) is 4.90 Å². The van der Waals surface area contributed by atoms with Crippen LogP contribution in [-0.4, -0.2) is 20.3 Å². The molecule has 0 heterocycles. The van der Waals surface area contributed by atoms with Crippen LogP contribution >= 0.6 is 11.6 Å². The normalized spacial score (nSPS) is 13.6. The second kappa shape index (κ2) is 5.85. The molecule has 1 unspecified atom stereocenters. The molecule has 0 saturated heterocycles. The molecule has 17 heavy (non-hydrogen) atoms. The number of hydrogen-bond acceptors (Lipinski definition) is 2. The van der Waals surface area contributed by atoms with E-state index >= 15 is 0 Å². The molecule has 0 aromatic heterocycles. The molecule has 0 fully saturated rings. The van der Waals surface area contributed by atoms with Gasteiger partial charge in [-0.15, -0.1) is 11.6 Å². The van der Waals surface area contributed by atoms with E-state index in [2.05, 4.69) is 4.72 Å². The molecule has 1 rings (SSSR count). The van der Waals surface area contributed by atoms with Gasteiger partial charge in [0.25, 0.3) is 0 Å². The van der Waals surface area contributed by atoms with Gasteiger partial charge in [-0.2, -0.15) is 0 Å². The highest BCUT2D eigenvalue weighted by molar-refractivity contribution is 7.89. The summed E-state index contributed by atoms with van der Waals surface area (Å²) in [5, 5.41) is 0. The lowest BCUT2D eigenvalue weighted by Crippen LogP contribution is -2.35. The van der Waals surface area contributed by atoms with E-state index in [1.54, 1.807) is 13.0 Å². The first-order valence-electron chi connectivity index (χ1n) is 5.56. The quantitative estimate of drug-likeness (QED) is 0.840. The summed E-state index contributed by atoms with van der Waals surface area (Å²) < 4.78 is 26.9. The van der Waals surface area contributed by atoms with E-state index in [-0.39, 0.29) is 11.9 Å². The Kier molecular flexibility index (Phi) is 4.98. The van der Waals surface area contributed by atoms with E-state index in [1.807, 2.05) is 26.0 Å². The largest absolute Gasteiger partial charge is 0.241 e. The highest BCUT2D eigenvalue weighted by atomic mass is 35.5. The average Bonchev–Trinajstić information content (AvgIpc) is 2.29. The molecule has 1 atom stereocenters. The van der Waals surface area contributed by atoms with Crippen molar-refractivity contribution in [3.05, 3.63) is 29.3 Å². The van der Waals surface area contributed by atoms with Gasteiger partial charge in [-0.3, -0.25) is 0 Å². The minimum Gasteiger partial charge on any atom is -0.207 e. The molecule has 0 bridgehead atoms. The van der Waals surface area contributed by atoms with Crippen molar-refractivity contribution in [1.29, 1.82) is 0 Å². The maximum Gasteiger partial charge on any atom is 0.241 e. The Morgan fingerprint density at radius 1 is 1.35 bits per heavy atom. The van der Waals surface area contributed by atoms with Gasteiger partial charge >= 0.3 is 0 Å². The van der Waals surface area contributed by atoms with E-state index in [0.717, 1.165) is 11.1 Å². The number of alkyl halides is 1. The van der Waals surface area contributed by atoms with Crippen molar-refractivity contribution in [3.63, 3.8) is 0 Å². The van der Waals surface area contributed by atoms with Crippen LogP contribution in [0.4, 0.5) is 0 Å². The van der Waals surface area contributed by atoms with Gasteiger partial charge in [-0.25, -0.2) is 13.1 Å². The summed E-state index contributed by atoms with van der Waals surface area (Å²) >= 11 is 5.71. The lowest BCUT2D eigenvalue weighted by atomic mass is 10.2. The van der Waals surface area contributed by atoms with Gasteiger partial charge in [0.2, 0.25) is 10.0 Å². The van der Waals surface area contributed by atoms with E-state index < -0.39 is 10.0 Å². The first-order chi connectivity index (χ1) is 7.90. The van der Waals surface area contributed by atoms with Gasteiger partial charge in [0, 0.05) is 11.9 Å². The Labute approximate surface area is 108 Å². The second-order valence-electron chi connectivity index (χ2n) is 4.15. The number of rotatable bonds is 5. The van der Waals surface area contributed by atoms with Crippen LogP contribution in [0.2, 0.25) is 0 Å². The number of aryl methyl sites for hydroxylation is 2. The SMILES string of the molecule is CCC(CCl)NS(=O)(=O)c1cc(C)ccc1C.